The van der Waals surface area contributed by atoms with Crippen molar-refractivity contribution in [3.8, 4) is 0 Å². The molecule has 7 nitrogen and oxygen atoms in total. The van der Waals surface area contributed by atoms with Crippen LogP contribution in [0.5, 0.6) is 0 Å². The molecule has 0 bridgehead atoms. The van der Waals surface area contributed by atoms with Gasteiger partial charge in [0.1, 0.15) is 12.1 Å². The van der Waals surface area contributed by atoms with Crippen LogP contribution < -0.4 is 16.1 Å². The number of carbonyl (C=O) groups is 2. The Kier molecular flexibility index (Phi) is 8.75. The van der Waals surface area contributed by atoms with Crippen LogP contribution in [0.25, 0.3) is 0 Å². The highest BCUT2D eigenvalue weighted by molar-refractivity contribution is 5.97. The van der Waals surface area contributed by atoms with Crippen molar-refractivity contribution in [3.05, 3.63) is 23.8 Å². The number of rotatable bonds is 9. The first-order valence-electron chi connectivity index (χ1n) is 9.64. The summed E-state index contributed by atoms with van der Waals surface area (Å²) in [5, 5.41) is 6.11. The first kappa shape index (κ1) is 23.8. The fourth-order valence-electron chi connectivity index (χ4n) is 2.92. The maximum atomic E-state index is 12.4. The van der Waals surface area contributed by atoms with Crippen LogP contribution in [0.15, 0.2) is 18.2 Å². The molecule has 1 rings (SSSR count). The molecule has 1 aromatic carbocycles. The topological polar surface area (TPSA) is 88.7 Å². The molecule has 0 aromatic heterocycles. The summed E-state index contributed by atoms with van der Waals surface area (Å²) in [4.78, 5) is 29.3. The lowest BCUT2D eigenvalue weighted by Crippen LogP contribution is -2.34. The lowest BCUT2D eigenvalue weighted by atomic mass is 9.93. The normalized spacial score (nSPS) is 11.7. The Hall–Kier alpha value is -2.28. The molecule has 0 aliphatic carbocycles. The molecule has 1 aromatic rings. The van der Waals surface area contributed by atoms with Crippen molar-refractivity contribution in [2.24, 2.45) is 11.8 Å². The third-order valence-corrected chi connectivity index (χ3v) is 4.07. The molecule has 0 fully saturated rings. The van der Waals surface area contributed by atoms with E-state index in [1.54, 1.807) is 32.9 Å². The molecule has 1 amide bonds. The van der Waals surface area contributed by atoms with Crippen LogP contribution in [0.2, 0.25) is 0 Å². The molecule has 0 aliphatic rings. The van der Waals surface area contributed by atoms with Gasteiger partial charge in [0.2, 0.25) is 0 Å². The van der Waals surface area contributed by atoms with Gasteiger partial charge in [0.05, 0.1) is 18.5 Å². The number of nitrogens with one attached hydrogen (secondary N) is 3. The highest BCUT2D eigenvalue weighted by Crippen LogP contribution is 2.27. The van der Waals surface area contributed by atoms with E-state index in [0.717, 1.165) is 5.69 Å². The summed E-state index contributed by atoms with van der Waals surface area (Å²) in [5.74, 6) is 0.0336. The molecular weight excluding hydrogens is 358 g/mol. The van der Waals surface area contributed by atoms with Crippen LogP contribution in [-0.4, -0.2) is 37.2 Å². The van der Waals surface area contributed by atoms with Gasteiger partial charge in [0.25, 0.3) is 5.91 Å². The van der Waals surface area contributed by atoms with Gasteiger partial charge in [-0.3, -0.25) is 19.9 Å². The monoisotopic (exact) mass is 393 g/mol. The lowest BCUT2D eigenvalue weighted by molar-refractivity contribution is -0.153. The van der Waals surface area contributed by atoms with E-state index >= 15 is 0 Å². The van der Waals surface area contributed by atoms with Gasteiger partial charge in [0, 0.05) is 11.6 Å². The molecular formula is C21H35N3O4. The number of carbonyl (C=O) groups excluding carboxylic acids is 2. The zero-order valence-corrected chi connectivity index (χ0v) is 18.3. The molecule has 0 aliphatic heterocycles. The molecule has 0 saturated heterocycles. The van der Waals surface area contributed by atoms with Crippen LogP contribution in [0.3, 0.4) is 0 Å². The highest BCUT2D eigenvalue weighted by Gasteiger charge is 2.20. The molecule has 0 spiro atoms. The zero-order chi connectivity index (χ0) is 21.5. The van der Waals surface area contributed by atoms with E-state index in [-0.39, 0.29) is 18.5 Å². The molecule has 3 N–H and O–H groups in total. The maximum absolute atomic E-state index is 12.4. The molecule has 0 saturated carbocycles. The van der Waals surface area contributed by atoms with Crippen LogP contribution in [-0.2, 0) is 14.4 Å². The average molecular weight is 394 g/mol. The second-order valence-electron chi connectivity index (χ2n) is 8.49. The summed E-state index contributed by atoms with van der Waals surface area (Å²) in [6, 6.07) is 5.50. The maximum Gasteiger partial charge on any atom is 0.325 e. The Balaban J connectivity index is 2.90. The van der Waals surface area contributed by atoms with Crippen LogP contribution in [0.4, 0.5) is 11.4 Å². The number of benzene rings is 1. The highest BCUT2D eigenvalue weighted by atomic mass is 16.6. The Labute approximate surface area is 168 Å². The minimum Gasteiger partial charge on any atom is -0.459 e. The van der Waals surface area contributed by atoms with Crippen molar-refractivity contribution in [2.45, 2.75) is 60.1 Å². The number of amides is 1. The lowest BCUT2D eigenvalue weighted by Gasteiger charge is -2.28. The van der Waals surface area contributed by atoms with Gasteiger partial charge in [-0.15, -0.1) is 0 Å². The summed E-state index contributed by atoms with van der Waals surface area (Å²) < 4.78 is 5.20. The second-order valence-corrected chi connectivity index (χ2v) is 8.49. The van der Waals surface area contributed by atoms with Crippen molar-refractivity contribution in [3.63, 3.8) is 0 Å². The summed E-state index contributed by atoms with van der Waals surface area (Å²) in [6.07, 6.45) is 0. The smallest absolute Gasteiger partial charge is 0.325 e. The first-order chi connectivity index (χ1) is 12.9. The van der Waals surface area contributed by atoms with Gasteiger partial charge in [0.15, 0.2) is 0 Å². The van der Waals surface area contributed by atoms with E-state index in [4.69, 9.17) is 9.57 Å². The number of ether oxygens (including phenoxy) is 1. The number of hydrogen-bond donors (Lipinski definition) is 3. The molecule has 0 unspecified atom stereocenters. The molecule has 7 heteroatoms. The zero-order valence-electron chi connectivity index (χ0n) is 18.3. The molecule has 0 heterocycles. The summed E-state index contributed by atoms with van der Waals surface area (Å²) in [6.45, 7) is 13.8. The van der Waals surface area contributed by atoms with Gasteiger partial charge in [-0.2, -0.15) is 0 Å². The fourth-order valence-corrected chi connectivity index (χ4v) is 2.92. The fraction of sp³-hybridized carbons (Fsp3) is 0.619. The SMILES string of the molecule is CONc1cc(C(=O)NCC(=O)OC(C)(C)C)ccc1NC(C(C)C)C(C)C. The van der Waals surface area contributed by atoms with E-state index in [1.165, 1.54) is 7.11 Å². The Morgan fingerprint density at radius 2 is 1.64 bits per heavy atom. The average Bonchev–Trinajstić information content (AvgIpc) is 2.56. The summed E-state index contributed by atoms with van der Waals surface area (Å²) in [5.41, 5.74) is 4.14. The Morgan fingerprint density at radius 1 is 1.04 bits per heavy atom. The van der Waals surface area contributed by atoms with Gasteiger partial charge in [-0.25, -0.2) is 0 Å². The van der Waals surface area contributed by atoms with E-state index in [0.29, 0.717) is 23.1 Å². The molecule has 28 heavy (non-hydrogen) atoms. The van der Waals surface area contributed by atoms with Gasteiger partial charge in [-0.1, -0.05) is 27.7 Å². The van der Waals surface area contributed by atoms with Crippen molar-refractivity contribution in [1.29, 1.82) is 0 Å². The third-order valence-electron chi connectivity index (χ3n) is 4.07. The Morgan fingerprint density at radius 3 is 2.14 bits per heavy atom. The van der Waals surface area contributed by atoms with E-state index in [9.17, 15) is 9.59 Å². The summed E-state index contributed by atoms with van der Waals surface area (Å²) >= 11 is 0. The van der Waals surface area contributed by atoms with Crippen LogP contribution in [0.1, 0.15) is 58.8 Å². The molecule has 0 radical (unpaired) electrons. The van der Waals surface area contributed by atoms with Gasteiger partial charge < -0.3 is 15.4 Å². The second kappa shape index (κ2) is 10.3. The van der Waals surface area contributed by atoms with Crippen LogP contribution >= 0.6 is 0 Å². The van der Waals surface area contributed by atoms with E-state index < -0.39 is 11.6 Å². The first-order valence-corrected chi connectivity index (χ1v) is 9.64. The summed E-state index contributed by atoms with van der Waals surface area (Å²) in [7, 11) is 1.52. The molecule has 0 atom stereocenters. The number of esters is 1. The van der Waals surface area contributed by atoms with Crippen molar-refractivity contribution < 1.29 is 19.2 Å². The van der Waals surface area contributed by atoms with Crippen molar-refractivity contribution in [2.75, 3.05) is 24.5 Å². The Bertz CT molecular complexity index is 658. The van der Waals surface area contributed by atoms with E-state index in [2.05, 4.69) is 43.8 Å². The largest absolute Gasteiger partial charge is 0.459 e. The third kappa shape index (κ3) is 7.76. The van der Waals surface area contributed by atoms with E-state index in [1.807, 2.05) is 6.07 Å². The number of anilines is 2. The predicted octanol–water partition coefficient (Wildman–Crippen LogP) is 3.82. The minimum absolute atomic E-state index is 0.189. The van der Waals surface area contributed by atoms with Gasteiger partial charge in [-0.05, 0) is 50.8 Å². The van der Waals surface area contributed by atoms with Gasteiger partial charge >= 0.3 is 5.97 Å². The quantitative estimate of drug-likeness (QED) is 0.437. The molecule has 158 valence electrons. The number of hydrogen-bond acceptors (Lipinski definition) is 6. The predicted molar refractivity (Wildman–Crippen MR) is 112 cm³/mol. The van der Waals surface area contributed by atoms with Crippen molar-refractivity contribution >= 4 is 23.3 Å². The standard InChI is InChI=1S/C21H35N3O4/c1-13(2)19(14(3)4)23-16-10-9-15(11-17(16)24-27-8)20(26)22-12-18(25)28-21(5,6)7/h9-11,13-14,19,23-24H,12H2,1-8H3,(H,22,26). The minimum atomic E-state index is -0.589. The van der Waals surface area contributed by atoms with Crippen LogP contribution in [0, 0.1) is 11.8 Å². The van der Waals surface area contributed by atoms with Crippen molar-refractivity contribution in [1.82, 2.24) is 5.32 Å².